The van der Waals surface area contributed by atoms with Crippen LogP contribution in [-0.2, 0) is 55.8 Å². The first-order chi connectivity index (χ1) is 43.7. The molecule has 1 aliphatic carbocycles. The Hall–Kier alpha value is -6.70. The number of unbranched alkanes of at least 4 members (excludes halogenated alkanes) is 2. The molecule has 0 bridgehead atoms. The average Bonchev–Trinajstić information content (AvgIpc) is 4.11. The number of carbonyl (C=O) groups excluding carboxylic acids is 6. The topological polar surface area (TPSA) is 250 Å². The van der Waals surface area contributed by atoms with Gasteiger partial charge in [0.1, 0.15) is 23.1 Å². The molecule has 0 radical (unpaired) electrons. The smallest absolute Gasteiger partial charge is 0.267 e. The summed E-state index contributed by atoms with van der Waals surface area (Å²) in [6.45, 7) is 18.0. The number of para-hydroxylation sites is 1. The van der Waals surface area contributed by atoms with Crippen molar-refractivity contribution < 1.29 is 52.5 Å². The minimum atomic E-state index is -0.251. The molecule has 1 saturated carbocycles. The highest BCUT2D eigenvalue weighted by molar-refractivity contribution is 7.13. The van der Waals surface area contributed by atoms with E-state index in [2.05, 4.69) is 41.0 Å². The van der Waals surface area contributed by atoms with Crippen LogP contribution < -0.4 is 31.1 Å². The SMILES string of the molecule is CCN(C(=O)Cn1cccc1C(=O)CC1CCC(C(=O)NCCCCCC(=O)NCCOCCOCCOCCOCCC(=O)NCCOCCN2CCN(c3cc(Cc4ncc(C(=O)Nc5c(C)cccc5Cl)s4)nc(C)n3)CC2)CC1)c1cccc(C)c1. The fourth-order valence-electron chi connectivity index (χ4n) is 10.9. The number of thiazole rings is 1. The van der Waals surface area contributed by atoms with Gasteiger partial charge in [0.2, 0.25) is 23.6 Å². The number of nitrogens with zero attached hydrogens (tertiary/aromatic N) is 7. The van der Waals surface area contributed by atoms with Gasteiger partial charge < -0.3 is 59.3 Å². The van der Waals surface area contributed by atoms with Crippen LogP contribution in [0.5, 0.6) is 0 Å². The van der Waals surface area contributed by atoms with Gasteiger partial charge in [-0.1, -0.05) is 42.3 Å². The van der Waals surface area contributed by atoms with Gasteiger partial charge in [-0.15, -0.1) is 11.3 Å². The van der Waals surface area contributed by atoms with Crippen LogP contribution in [0, 0.1) is 32.6 Å². The van der Waals surface area contributed by atoms with Crippen LogP contribution in [0.3, 0.4) is 0 Å². The maximum Gasteiger partial charge on any atom is 0.267 e. The number of ketones is 1. The van der Waals surface area contributed by atoms with Crippen LogP contribution in [0.15, 0.2) is 73.1 Å². The number of benzene rings is 2. The lowest BCUT2D eigenvalue weighted by molar-refractivity contribution is -0.126. The summed E-state index contributed by atoms with van der Waals surface area (Å²) in [6, 6.07) is 19.0. The van der Waals surface area contributed by atoms with Crippen molar-refractivity contribution in [2.75, 3.05) is 140 Å². The van der Waals surface area contributed by atoms with Crippen molar-refractivity contribution in [2.45, 2.75) is 105 Å². The summed E-state index contributed by atoms with van der Waals surface area (Å²) in [5, 5.41) is 13.0. The van der Waals surface area contributed by atoms with Crippen molar-refractivity contribution in [3.05, 3.63) is 116 Å². The average molecular weight is 1280 g/mol. The van der Waals surface area contributed by atoms with E-state index in [0.29, 0.717) is 139 Å². The highest BCUT2D eigenvalue weighted by Crippen LogP contribution is 2.32. The van der Waals surface area contributed by atoms with Crippen LogP contribution in [0.1, 0.15) is 119 Å². The van der Waals surface area contributed by atoms with Crippen LogP contribution >= 0.6 is 22.9 Å². The summed E-state index contributed by atoms with van der Waals surface area (Å²) in [5.41, 5.74) is 4.80. The molecule has 4 N–H and O–H groups in total. The predicted octanol–water partition coefficient (Wildman–Crippen LogP) is 7.79. The van der Waals surface area contributed by atoms with Gasteiger partial charge in [-0.25, -0.2) is 15.0 Å². The number of nitrogens with one attached hydrogen (secondary N) is 4. The Morgan fingerprint density at radius 3 is 2.08 bits per heavy atom. The molecule has 490 valence electrons. The Labute approximate surface area is 538 Å². The van der Waals surface area contributed by atoms with Gasteiger partial charge in [-0.3, -0.25) is 33.7 Å². The second-order valence-corrected chi connectivity index (χ2v) is 24.3. The standard InChI is InChI=1S/C66H92ClN11O11S/c1-5-78(54-14-9-12-48(2)42-54)63(82)47-77-26-11-16-56(77)57(79)43-51-18-20-52(21-19-51)65(83)70-23-8-6-7-17-60(80)68-25-34-87-37-39-89-41-40-88-38-36-85-32-22-61(81)69-24-33-86-35-31-75-27-29-76(30-28-75)59-44-53(72-50(4)73-59)45-62-71-46-58(90-62)66(84)74-64-49(3)13-10-15-55(64)67/h9-16,26,42,44,46,51-52H,5-8,17-25,27-41,43,45,47H2,1-4H3,(H,68,80)(H,69,81)(H,70,83)(H,74,84). The van der Waals surface area contributed by atoms with E-state index >= 15 is 0 Å². The molecular formula is C66H92ClN11O11S. The van der Waals surface area contributed by atoms with Crippen molar-refractivity contribution >= 4 is 75.4 Å². The highest BCUT2D eigenvalue weighted by atomic mass is 35.5. The van der Waals surface area contributed by atoms with E-state index in [0.717, 1.165) is 111 Å². The molecule has 2 aliphatic rings. The lowest BCUT2D eigenvalue weighted by atomic mass is 9.79. The molecule has 4 heterocycles. The molecule has 1 saturated heterocycles. The fraction of sp³-hybridized carbons (Fsp3) is 0.561. The zero-order valence-corrected chi connectivity index (χ0v) is 54.5. The zero-order chi connectivity index (χ0) is 63.9. The maximum atomic E-state index is 13.4. The summed E-state index contributed by atoms with van der Waals surface area (Å²) >= 11 is 7.65. The molecule has 0 unspecified atom stereocenters. The van der Waals surface area contributed by atoms with Gasteiger partial charge in [0.05, 0.1) is 99.4 Å². The normalized spacial score (nSPS) is 15.1. The Morgan fingerprint density at radius 1 is 0.700 bits per heavy atom. The second kappa shape index (κ2) is 38.9. The first kappa shape index (κ1) is 70.8. The largest absolute Gasteiger partial charge is 0.379 e. The second-order valence-electron chi connectivity index (χ2n) is 22.7. The van der Waals surface area contributed by atoms with Crippen LogP contribution in [0.4, 0.5) is 17.2 Å². The van der Waals surface area contributed by atoms with E-state index in [1.807, 2.05) is 76.2 Å². The van der Waals surface area contributed by atoms with E-state index in [1.54, 1.807) is 34.0 Å². The molecule has 3 aromatic heterocycles. The van der Waals surface area contributed by atoms with Crippen LogP contribution in [0.2, 0.25) is 5.02 Å². The Bertz CT molecular complexity index is 3040. The number of aryl methyl sites for hydroxylation is 3. The molecule has 0 atom stereocenters. The molecule has 7 rings (SSSR count). The summed E-state index contributed by atoms with van der Waals surface area (Å²) in [7, 11) is 0. The molecule has 1 aliphatic heterocycles. The molecule has 22 nitrogen and oxygen atoms in total. The number of Topliss-reactive ketones (excluding diaryl/α,β-unsaturated/α-hetero) is 1. The zero-order valence-electron chi connectivity index (χ0n) is 52.9. The summed E-state index contributed by atoms with van der Waals surface area (Å²) in [6.07, 6.45) is 10.4. The molecule has 2 aromatic carbocycles. The number of hydrogen-bond donors (Lipinski definition) is 4. The number of halogens is 1. The van der Waals surface area contributed by atoms with E-state index in [1.165, 1.54) is 11.3 Å². The monoisotopic (exact) mass is 1280 g/mol. The third-order valence-corrected chi connectivity index (χ3v) is 17.2. The van der Waals surface area contributed by atoms with Crippen molar-refractivity contribution in [3.8, 4) is 0 Å². The number of ether oxygens (including phenoxy) is 5. The third kappa shape index (κ3) is 24.5. The molecule has 5 amide bonds. The predicted molar refractivity (Wildman–Crippen MR) is 349 cm³/mol. The van der Waals surface area contributed by atoms with E-state index in [9.17, 15) is 28.8 Å². The van der Waals surface area contributed by atoms with Gasteiger partial charge >= 0.3 is 0 Å². The molecule has 0 spiro atoms. The molecule has 90 heavy (non-hydrogen) atoms. The van der Waals surface area contributed by atoms with E-state index in [4.69, 9.17) is 40.3 Å². The van der Waals surface area contributed by atoms with Crippen molar-refractivity contribution in [1.82, 2.24) is 40.4 Å². The number of likely N-dealkylation sites (N-methyl/N-ethyl adjacent to an activating group) is 1. The molecule has 24 heteroatoms. The number of piperazine rings is 1. The Kier molecular flexibility index (Phi) is 30.6. The van der Waals surface area contributed by atoms with Crippen LogP contribution in [-0.4, -0.2) is 185 Å². The number of rotatable bonds is 40. The minimum absolute atomic E-state index is 0.0263. The lowest BCUT2D eigenvalue weighted by Crippen LogP contribution is -2.47. The highest BCUT2D eigenvalue weighted by Gasteiger charge is 2.29. The maximum absolute atomic E-state index is 13.4. The first-order valence-electron chi connectivity index (χ1n) is 31.8. The molecule has 2 fully saturated rings. The van der Waals surface area contributed by atoms with Crippen molar-refractivity contribution in [3.63, 3.8) is 0 Å². The van der Waals surface area contributed by atoms with Crippen molar-refractivity contribution in [2.24, 2.45) is 11.8 Å². The number of hydrogen-bond acceptors (Lipinski definition) is 17. The quantitative estimate of drug-likeness (QED) is 0.0216. The number of aromatic nitrogens is 4. The van der Waals surface area contributed by atoms with Gasteiger partial charge in [-0.2, -0.15) is 0 Å². The van der Waals surface area contributed by atoms with Gasteiger partial charge in [0.15, 0.2) is 5.78 Å². The van der Waals surface area contributed by atoms with Crippen LogP contribution in [0.25, 0.3) is 0 Å². The van der Waals surface area contributed by atoms with Gasteiger partial charge in [-0.05, 0) is 114 Å². The number of anilines is 3. The summed E-state index contributed by atoms with van der Waals surface area (Å²) in [5.74, 6) is 1.36. The first-order valence-corrected chi connectivity index (χ1v) is 33.0. The van der Waals surface area contributed by atoms with Crippen molar-refractivity contribution in [1.29, 1.82) is 0 Å². The Balaban J connectivity index is 0.590. The van der Waals surface area contributed by atoms with E-state index < -0.39 is 0 Å². The third-order valence-electron chi connectivity index (χ3n) is 15.8. The number of amides is 5. The summed E-state index contributed by atoms with van der Waals surface area (Å²) < 4.78 is 29.8. The van der Waals surface area contributed by atoms with Gasteiger partial charge in [0, 0.05) is 108 Å². The number of carbonyl (C=O) groups is 6. The minimum Gasteiger partial charge on any atom is -0.379 e. The van der Waals surface area contributed by atoms with E-state index in [-0.39, 0.29) is 60.1 Å². The Morgan fingerprint density at radius 2 is 1.38 bits per heavy atom. The van der Waals surface area contributed by atoms with Gasteiger partial charge in [0.25, 0.3) is 5.91 Å². The molecule has 5 aromatic rings. The lowest BCUT2D eigenvalue weighted by Gasteiger charge is -2.35. The summed E-state index contributed by atoms with van der Waals surface area (Å²) in [4.78, 5) is 97.9. The fourth-order valence-corrected chi connectivity index (χ4v) is 12.0. The molecular weight excluding hydrogens is 1190 g/mol.